The third kappa shape index (κ3) is 2.39. The lowest BCUT2D eigenvalue weighted by molar-refractivity contribution is 0.474. The van der Waals surface area contributed by atoms with Gasteiger partial charge >= 0.3 is 0 Å². The third-order valence-corrected chi connectivity index (χ3v) is 3.84. The van der Waals surface area contributed by atoms with E-state index < -0.39 is 0 Å². The van der Waals surface area contributed by atoms with Crippen molar-refractivity contribution in [2.75, 3.05) is 5.73 Å². The summed E-state index contributed by atoms with van der Waals surface area (Å²) in [7, 11) is 0. The van der Waals surface area contributed by atoms with E-state index in [0.29, 0.717) is 5.19 Å². The zero-order chi connectivity index (χ0) is 13.2. The molecule has 1 heterocycles. The Bertz CT molecular complexity index is 721. The molecule has 96 valence electrons. The Hall–Kier alpha value is -2.07. The maximum absolute atomic E-state index is 5.89. The minimum absolute atomic E-state index is 0.654. The van der Waals surface area contributed by atoms with Gasteiger partial charge in [0.2, 0.25) is 0 Å². The molecule has 3 nitrogen and oxygen atoms in total. The molecule has 4 heteroatoms. The number of rotatable bonds is 3. The first-order valence-electron chi connectivity index (χ1n) is 6.18. The average Bonchev–Trinajstić information content (AvgIpc) is 2.80. The number of hydrogen-bond donors (Lipinski definition) is 1. The van der Waals surface area contributed by atoms with E-state index in [0.717, 1.165) is 28.1 Å². The van der Waals surface area contributed by atoms with Gasteiger partial charge in [-0.15, -0.1) is 0 Å². The first-order chi connectivity index (χ1) is 9.26. The molecule has 0 atom stereocenters. The molecule has 0 bridgehead atoms. The van der Waals surface area contributed by atoms with E-state index in [1.807, 2.05) is 36.4 Å². The van der Waals surface area contributed by atoms with Gasteiger partial charge in [-0.1, -0.05) is 36.5 Å². The van der Waals surface area contributed by atoms with Crippen molar-refractivity contribution >= 4 is 27.2 Å². The van der Waals surface area contributed by atoms with Crippen LogP contribution in [-0.4, -0.2) is 4.98 Å². The van der Waals surface area contributed by atoms with Crippen molar-refractivity contribution < 1.29 is 4.74 Å². The lowest BCUT2D eigenvalue weighted by Gasteiger charge is -2.06. The van der Waals surface area contributed by atoms with Gasteiger partial charge in [-0.3, -0.25) is 0 Å². The highest BCUT2D eigenvalue weighted by Crippen LogP contribution is 2.33. The van der Waals surface area contributed by atoms with Crippen LogP contribution >= 0.6 is 11.3 Å². The monoisotopic (exact) mass is 270 g/mol. The fourth-order valence-electron chi connectivity index (χ4n) is 1.95. The number of thiazole rings is 1. The van der Waals surface area contributed by atoms with Crippen LogP contribution in [0.2, 0.25) is 0 Å². The van der Waals surface area contributed by atoms with E-state index in [1.54, 1.807) is 0 Å². The van der Waals surface area contributed by atoms with Gasteiger partial charge in [-0.2, -0.15) is 0 Å². The zero-order valence-electron chi connectivity index (χ0n) is 10.6. The minimum Gasteiger partial charge on any atom is -0.431 e. The fraction of sp³-hybridized carbons (Fsp3) is 0.133. The Labute approximate surface area is 115 Å². The van der Waals surface area contributed by atoms with E-state index in [2.05, 4.69) is 18.0 Å². The molecule has 1 aromatic heterocycles. The van der Waals surface area contributed by atoms with Crippen LogP contribution in [0.4, 0.5) is 5.69 Å². The Morgan fingerprint density at radius 3 is 2.89 bits per heavy atom. The number of nitrogen functional groups attached to an aromatic ring is 1. The Balaban J connectivity index is 1.96. The first kappa shape index (κ1) is 12.0. The van der Waals surface area contributed by atoms with Crippen LogP contribution in [0.1, 0.15) is 12.5 Å². The highest BCUT2D eigenvalue weighted by atomic mass is 32.1. The van der Waals surface area contributed by atoms with Gasteiger partial charge < -0.3 is 10.5 Å². The van der Waals surface area contributed by atoms with Gasteiger partial charge in [0.05, 0.1) is 10.2 Å². The van der Waals surface area contributed by atoms with Crippen LogP contribution in [0.25, 0.3) is 10.2 Å². The van der Waals surface area contributed by atoms with Crippen LogP contribution in [0.3, 0.4) is 0 Å². The second-order valence-corrected chi connectivity index (χ2v) is 5.26. The molecule has 0 unspecified atom stereocenters. The largest absolute Gasteiger partial charge is 0.431 e. The van der Waals surface area contributed by atoms with Gasteiger partial charge in [0.15, 0.2) is 0 Å². The molecular weight excluding hydrogens is 256 g/mol. The Morgan fingerprint density at radius 2 is 2.05 bits per heavy atom. The topological polar surface area (TPSA) is 48.1 Å². The summed E-state index contributed by atoms with van der Waals surface area (Å²) in [6, 6.07) is 13.7. The summed E-state index contributed by atoms with van der Waals surface area (Å²) in [5.74, 6) is 0.872. The molecule has 2 N–H and O–H groups in total. The molecule has 3 rings (SSSR count). The van der Waals surface area contributed by atoms with Crippen molar-refractivity contribution in [3.63, 3.8) is 0 Å². The van der Waals surface area contributed by atoms with Crippen LogP contribution in [0.15, 0.2) is 42.5 Å². The molecule has 0 aliphatic heterocycles. The number of fused-ring (bicyclic) bond motifs is 1. The summed E-state index contributed by atoms with van der Waals surface area (Å²) in [6.07, 6.45) is 0.939. The van der Waals surface area contributed by atoms with E-state index in [4.69, 9.17) is 10.5 Å². The molecule has 0 spiro atoms. The predicted octanol–water partition coefficient (Wildman–Crippen LogP) is 4.23. The predicted molar refractivity (Wildman–Crippen MR) is 79.9 cm³/mol. The lowest BCUT2D eigenvalue weighted by Crippen LogP contribution is -1.89. The standard InChI is InChI=1S/C15H14N2OS/c1-2-10-5-3-4-6-13(10)18-15-17-12-8-7-11(16)9-14(12)19-15/h3-9H,2,16H2,1H3. The Morgan fingerprint density at radius 1 is 1.21 bits per heavy atom. The van der Waals surface area contributed by atoms with Gasteiger partial charge in [-0.25, -0.2) is 4.98 Å². The average molecular weight is 270 g/mol. The number of benzene rings is 2. The second kappa shape index (κ2) is 4.90. The van der Waals surface area contributed by atoms with Gasteiger partial charge in [-0.05, 0) is 36.2 Å². The summed E-state index contributed by atoms with van der Waals surface area (Å²) in [6.45, 7) is 2.11. The third-order valence-electron chi connectivity index (χ3n) is 2.94. The smallest absolute Gasteiger partial charge is 0.279 e. The first-order valence-corrected chi connectivity index (χ1v) is 6.99. The zero-order valence-corrected chi connectivity index (χ0v) is 11.4. The quantitative estimate of drug-likeness (QED) is 0.724. The van der Waals surface area contributed by atoms with Crippen LogP contribution in [-0.2, 0) is 6.42 Å². The van der Waals surface area contributed by atoms with Crippen molar-refractivity contribution in [3.8, 4) is 10.9 Å². The lowest BCUT2D eigenvalue weighted by atomic mass is 10.1. The molecule has 3 aromatic rings. The normalized spacial score (nSPS) is 10.8. The number of hydrogen-bond acceptors (Lipinski definition) is 4. The Kier molecular flexibility index (Phi) is 3.09. The van der Waals surface area contributed by atoms with Crippen LogP contribution < -0.4 is 10.5 Å². The van der Waals surface area contributed by atoms with E-state index >= 15 is 0 Å². The highest BCUT2D eigenvalue weighted by molar-refractivity contribution is 7.20. The van der Waals surface area contributed by atoms with Crippen LogP contribution in [0.5, 0.6) is 10.9 Å². The number of aromatic nitrogens is 1. The van der Waals surface area contributed by atoms with Gasteiger partial charge in [0.25, 0.3) is 5.19 Å². The number of anilines is 1. The number of aryl methyl sites for hydroxylation is 1. The van der Waals surface area contributed by atoms with Gasteiger partial charge in [0.1, 0.15) is 5.75 Å². The molecule has 0 saturated heterocycles. The SMILES string of the molecule is CCc1ccccc1Oc1nc2ccc(N)cc2s1. The summed E-state index contributed by atoms with van der Waals surface area (Å²) in [5, 5.41) is 0.654. The van der Waals surface area contributed by atoms with Crippen molar-refractivity contribution in [1.29, 1.82) is 0 Å². The van der Waals surface area contributed by atoms with Crippen molar-refractivity contribution in [2.24, 2.45) is 0 Å². The van der Waals surface area contributed by atoms with Crippen LogP contribution in [0, 0.1) is 0 Å². The van der Waals surface area contributed by atoms with Gasteiger partial charge in [0, 0.05) is 5.69 Å². The molecular formula is C15H14N2OS. The van der Waals surface area contributed by atoms with E-state index in [-0.39, 0.29) is 0 Å². The minimum atomic E-state index is 0.654. The van der Waals surface area contributed by atoms with E-state index in [9.17, 15) is 0 Å². The maximum Gasteiger partial charge on any atom is 0.279 e. The molecule has 0 aliphatic rings. The molecule has 19 heavy (non-hydrogen) atoms. The number of nitrogens with two attached hydrogens (primary N) is 1. The highest BCUT2D eigenvalue weighted by Gasteiger charge is 2.08. The molecule has 0 fully saturated rings. The summed E-state index contributed by atoms with van der Waals surface area (Å²) in [4.78, 5) is 4.47. The van der Waals surface area contributed by atoms with Crippen molar-refractivity contribution in [1.82, 2.24) is 4.98 Å². The summed E-state index contributed by atoms with van der Waals surface area (Å²) >= 11 is 1.51. The van der Waals surface area contributed by atoms with E-state index in [1.165, 1.54) is 16.9 Å². The van der Waals surface area contributed by atoms with Crippen molar-refractivity contribution in [2.45, 2.75) is 13.3 Å². The summed E-state index contributed by atoms with van der Waals surface area (Å²) in [5.41, 5.74) is 8.62. The molecule has 0 saturated carbocycles. The molecule has 0 aliphatic carbocycles. The molecule has 2 aromatic carbocycles. The number of para-hydroxylation sites is 1. The second-order valence-electron chi connectivity index (χ2n) is 4.27. The molecule has 0 radical (unpaired) electrons. The number of ether oxygens (including phenoxy) is 1. The maximum atomic E-state index is 5.89. The molecule has 0 amide bonds. The van der Waals surface area contributed by atoms with Crippen molar-refractivity contribution in [3.05, 3.63) is 48.0 Å². The fourth-order valence-corrected chi connectivity index (χ4v) is 2.83. The number of nitrogens with zero attached hydrogens (tertiary/aromatic N) is 1. The summed E-state index contributed by atoms with van der Waals surface area (Å²) < 4.78 is 6.94.